The molecule has 0 aromatic rings. The third-order valence-electron chi connectivity index (χ3n) is 0. The minimum atomic E-state index is 0. The predicted molar refractivity (Wildman–Crippen MR) is 51.5 cm³/mol. The normalized spacial score (nSPS) is 0. The smallest absolute Gasteiger partial charge is 0 e. The maximum absolute atomic E-state index is 0. The van der Waals surface area contributed by atoms with Crippen molar-refractivity contribution in [3.63, 3.8) is 0 Å². The van der Waals surface area contributed by atoms with Gasteiger partial charge < -0.3 is 0 Å². The van der Waals surface area contributed by atoms with Crippen LogP contribution in [-0.4, -0.2) is 25.8 Å². The Morgan fingerprint density at radius 1 is 0.500 bits per heavy atom. The van der Waals surface area contributed by atoms with Gasteiger partial charge in [-0.25, -0.2) is 0 Å². The molecule has 0 aromatic carbocycles. The number of hydrogen-bond acceptors (Lipinski definition) is 0. The molecule has 0 radical (unpaired) electrons. The summed E-state index contributed by atoms with van der Waals surface area (Å²) in [7, 11) is 0. The largest absolute Gasteiger partial charge is 0 e. The summed E-state index contributed by atoms with van der Waals surface area (Å²) < 4.78 is 0. The van der Waals surface area contributed by atoms with Crippen molar-refractivity contribution < 1.29 is 19.5 Å². The molecular weight excluding hydrogens is 308 g/mol. The third-order valence-corrected chi connectivity index (χ3v) is 0. The van der Waals surface area contributed by atoms with Gasteiger partial charge in [0.2, 0.25) is 0 Å². The van der Waals surface area contributed by atoms with Gasteiger partial charge in [0.05, 0.1) is 0 Å². The molecule has 0 heterocycles. The fraction of sp³-hybridized carbons (Fsp3) is 0. The summed E-state index contributed by atoms with van der Waals surface area (Å²) in [6.07, 6.45) is 0. The maximum atomic E-state index is 0. The van der Waals surface area contributed by atoms with Crippen LogP contribution in [0.15, 0.2) is 0 Å². The minimum Gasteiger partial charge on any atom is 0 e. The zero-order valence-corrected chi connectivity index (χ0v) is 9.67. The van der Waals surface area contributed by atoms with Gasteiger partial charge in [-0.3, -0.25) is 0 Å². The van der Waals surface area contributed by atoms with E-state index in [0.717, 1.165) is 0 Å². The molecule has 0 unspecified atom stereocenters. The van der Waals surface area contributed by atoms with E-state index in [0.29, 0.717) is 0 Å². The molecule has 6 heavy (non-hydrogen) atoms. The second kappa shape index (κ2) is 44.8. The molecular formula is H11InS4Zn. The van der Waals surface area contributed by atoms with Crippen molar-refractivity contribution in [1.82, 2.24) is 0 Å². The fourth-order valence-electron chi connectivity index (χ4n) is 0. The monoisotopic (exact) mass is 318 g/mol. The molecule has 0 rings (SSSR count). The topological polar surface area (TPSA) is 0 Å². The van der Waals surface area contributed by atoms with E-state index < -0.39 is 0 Å². The second-order valence-corrected chi connectivity index (χ2v) is 0. The summed E-state index contributed by atoms with van der Waals surface area (Å²) in [5.74, 6) is 0. The SMILES string of the molecule is S.S.S.S.[InH3].[Zn]. The maximum Gasteiger partial charge on any atom is 0 e. The van der Waals surface area contributed by atoms with Crippen LogP contribution in [0.1, 0.15) is 0 Å². The standard InChI is InChI=1S/In.4H2S.Zn.3H/h;4*1H2;;;;. The molecule has 0 aliphatic rings. The Hall–Kier alpha value is 2.89. The average Bonchev–Trinajstić information content (AvgIpc) is 0. The first-order chi connectivity index (χ1) is 0. The van der Waals surface area contributed by atoms with Crippen LogP contribution in [-0.2, 0) is 19.5 Å². The van der Waals surface area contributed by atoms with Crippen molar-refractivity contribution in [1.29, 1.82) is 0 Å². The van der Waals surface area contributed by atoms with E-state index in [1.807, 2.05) is 0 Å². The van der Waals surface area contributed by atoms with Gasteiger partial charge in [0.15, 0.2) is 0 Å². The van der Waals surface area contributed by atoms with Crippen molar-refractivity contribution >= 4 is 79.8 Å². The number of rotatable bonds is 0. The Morgan fingerprint density at radius 3 is 0.500 bits per heavy atom. The summed E-state index contributed by atoms with van der Waals surface area (Å²) in [4.78, 5) is 0. The molecule has 0 saturated heterocycles. The molecule has 0 amide bonds. The summed E-state index contributed by atoms with van der Waals surface area (Å²) in [5.41, 5.74) is 0. The zero-order chi connectivity index (χ0) is 0. The summed E-state index contributed by atoms with van der Waals surface area (Å²) >= 11 is 0. The summed E-state index contributed by atoms with van der Waals surface area (Å²) in [5, 5.41) is 0. The van der Waals surface area contributed by atoms with Crippen molar-refractivity contribution in [2.24, 2.45) is 0 Å². The van der Waals surface area contributed by atoms with Gasteiger partial charge in [0.1, 0.15) is 0 Å². The van der Waals surface area contributed by atoms with Gasteiger partial charge in [-0.05, 0) is 0 Å². The molecule has 0 spiro atoms. The van der Waals surface area contributed by atoms with E-state index in [-0.39, 0.29) is 99.3 Å². The molecule has 40 valence electrons. The van der Waals surface area contributed by atoms with Crippen LogP contribution in [0.2, 0.25) is 0 Å². The Kier molecular flexibility index (Phi) is 494. The summed E-state index contributed by atoms with van der Waals surface area (Å²) in [6.45, 7) is 0. The van der Waals surface area contributed by atoms with Gasteiger partial charge in [-0.1, -0.05) is 0 Å². The first kappa shape index (κ1) is 66.2. The molecule has 0 atom stereocenters. The first-order valence-corrected chi connectivity index (χ1v) is 0. The first-order valence-electron chi connectivity index (χ1n) is 0. The fourth-order valence-corrected chi connectivity index (χ4v) is 0. The van der Waals surface area contributed by atoms with Crippen LogP contribution in [0.4, 0.5) is 0 Å². The zero-order valence-electron chi connectivity index (χ0n) is 2.71. The van der Waals surface area contributed by atoms with Crippen molar-refractivity contribution in [3.8, 4) is 0 Å². The Labute approximate surface area is 97.9 Å². The second-order valence-electron chi connectivity index (χ2n) is 0. The Morgan fingerprint density at radius 2 is 0.500 bits per heavy atom. The van der Waals surface area contributed by atoms with Gasteiger partial charge in [0, 0.05) is 19.5 Å². The van der Waals surface area contributed by atoms with Gasteiger partial charge in [0.25, 0.3) is 0 Å². The van der Waals surface area contributed by atoms with E-state index in [1.54, 1.807) is 0 Å². The van der Waals surface area contributed by atoms with Crippen LogP contribution in [0.25, 0.3) is 0 Å². The van der Waals surface area contributed by atoms with Gasteiger partial charge in [-0.15, -0.1) is 0 Å². The van der Waals surface area contributed by atoms with E-state index in [4.69, 9.17) is 0 Å². The molecule has 0 aliphatic heterocycles. The van der Waals surface area contributed by atoms with Crippen LogP contribution in [0.3, 0.4) is 0 Å². The van der Waals surface area contributed by atoms with E-state index in [2.05, 4.69) is 0 Å². The average molecular weight is 320 g/mol. The van der Waals surface area contributed by atoms with Crippen LogP contribution < -0.4 is 0 Å². The molecule has 0 nitrogen and oxygen atoms in total. The van der Waals surface area contributed by atoms with E-state index >= 15 is 0 Å². The Bertz CT molecular complexity index is 7.51. The van der Waals surface area contributed by atoms with Crippen LogP contribution in [0, 0.1) is 0 Å². The van der Waals surface area contributed by atoms with Crippen molar-refractivity contribution in [2.75, 3.05) is 0 Å². The van der Waals surface area contributed by atoms with Gasteiger partial charge in [-0.2, -0.15) is 54.0 Å². The van der Waals surface area contributed by atoms with Crippen molar-refractivity contribution in [3.05, 3.63) is 0 Å². The molecule has 0 bridgehead atoms. The molecule has 0 saturated carbocycles. The van der Waals surface area contributed by atoms with Crippen molar-refractivity contribution in [2.45, 2.75) is 0 Å². The Balaban J connectivity index is 0. The van der Waals surface area contributed by atoms with E-state index in [9.17, 15) is 0 Å². The summed E-state index contributed by atoms with van der Waals surface area (Å²) in [6, 6.07) is 0. The third kappa shape index (κ3) is 28.6. The minimum absolute atomic E-state index is 0. The molecule has 6 heteroatoms. The molecule has 0 aromatic heterocycles. The van der Waals surface area contributed by atoms with Crippen LogP contribution >= 0.6 is 54.0 Å². The van der Waals surface area contributed by atoms with Gasteiger partial charge >= 0.3 is 25.8 Å². The predicted octanol–water partition coefficient (Wildman–Crippen LogP) is -0.735. The molecule has 0 aliphatic carbocycles. The molecule has 0 fully saturated rings. The quantitative estimate of drug-likeness (QED) is 0.516. The van der Waals surface area contributed by atoms with E-state index in [1.165, 1.54) is 0 Å². The van der Waals surface area contributed by atoms with Crippen LogP contribution in [0.5, 0.6) is 0 Å². The number of hydrogen-bond donors (Lipinski definition) is 0. The molecule has 0 N–H and O–H groups in total.